The Balaban J connectivity index is 1.36. The first-order valence-electron chi connectivity index (χ1n) is 17.9. The van der Waals surface area contributed by atoms with Gasteiger partial charge in [0.25, 0.3) is 5.91 Å². The summed E-state index contributed by atoms with van der Waals surface area (Å²) in [4.78, 5) is 61.2. The molecule has 3 aliphatic carbocycles. The summed E-state index contributed by atoms with van der Waals surface area (Å²) in [5, 5.41) is 4.85. The number of amides is 4. The first kappa shape index (κ1) is 40.9. The molecule has 17 heteroatoms. The van der Waals surface area contributed by atoms with Gasteiger partial charge in [0, 0.05) is 36.1 Å². The number of alkyl halides is 3. The van der Waals surface area contributed by atoms with Gasteiger partial charge in [-0.05, 0) is 75.5 Å². The van der Waals surface area contributed by atoms with E-state index in [0.29, 0.717) is 30.8 Å². The summed E-state index contributed by atoms with van der Waals surface area (Å²) in [5.74, 6) is -4.51. The maximum Gasteiger partial charge on any atom is 0.416 e. The lowest BCUT2D eigenvalue weighted by Gasteiger charge is -2.26. The number of halogens is 3. The van der Waals surface area contributed by atoms with E-state index in [1.165, 1.54) is 28.4 Å². The molecule has 54 heavy (non-hydrogen) atoms. The zero-order chi connectivity index (χ0) is 39.6. The van der Waals surface area contributed by atoms with E-state index in [2.05, 4.69) is 33.5 Å². The Morgan fingerprint density at radius 2 is 1.83 bits per heavy atom. The van der Waals surface area contributed by atoms with Crippen LogP contribution >= 0.6 is 11.3 Å². The van der Waals surface area contributed by atoms with E-state index in [1.807, 2.05) is 13.8 Å². The highest BCUT2D eigenvalue weighted by Crippen LogP contribution is 2.47. The molecule has 2 aromatic rings. The predicted molar refractivity (Wildman–Crippen MR) is 198 cm³/mol. The number of anilines is 1. The van der Waals surface area contributed by atoms with Gasteiger partial charge in [-0.25, -0.2) is 18.2 Å². The summed E-state index contributed by atoms with van der Waals surface area (Å²) in [6, 6.07) is 2.93. The summed E-state index contributed by atoms with van der Waals surface area (Å²) in [6.07, 6.45) is 0.950. The Labute approximate surface area is 317 Å². The van der Waals surface area contributed by atoms with Gasteiger partial charge in [0.2, 0.25) is 21.8 Å². The van der Waals surface area contributed by atoms with Gasteiger partial charge in [0.1, 0.15) is 16.7 Å². The van der Waals surface area contributed by atoms with E-state index in [9.17, 15) is 40.8 Å². The third-order valence-electron chi connectivity index (χ3n) is 10.1. The molecule has 5 atom stereocenters. The molecule has 5 rings (SSSR count). The van der Waals surface area contributed by atoms with Gasteiger partial charge < -0.3 is 15.0 Å². The van der Waals surface area contributed by atoms with E-state index in [1.54, 1.807) is 19.3 Å². The minimum atomic E-state index is -4.70. The third-order valence-corrected chi connectivity index (χ3v) is 13.3. The Kier molecular flexibility index (Phi) is 12.3. The number of nitrogens with one attached hydrogen (secondary N) is 3. The number of sulfonamides is 1. The average molecular weight is 794 g/mol. The van der Waals surface area contributed by atoms with Crippen LogP contribution in [0.2, 0.25) is 0 Å². The number of carbonyl (C=O) groups excluding carboxylic acids is 4. The van der Waals surface area contributed by atoms with Crippen molar-refractivity contribution in [1.82, 2.24) is 19.9 Å². The molecule has 0 unspecified atom stereocenters. The lowest BCUT2D eigenvalue weighted by molar-refractivity contribution is -0.140. The largest absolute Gasteiger partial charge is 0.446 e. The van der Waals surface area contributed by atoms with Crippen molar-refractivity contribution in [3.05, 3.63) is 60.1 Å². The molecule has 0 aliphatic heterocycles. The molecule has 0 radical (unpaired) electrons. The topological polar surface area (TPSA) is 164 Å². The van der Waals surface area contributed by atoms with E-state index < -0.39 is 80.2 Å². The number of hydrogen-bond acceptors (Lipinski definition) is 9. The fraction of sp³-hybridized carbons (Fsp3) is 0.541. The van der Waals surface area contributed by atoms with Crippen molar-refractivity contribution >= 4 is 50.9 Å². The highest BCUT2D eigenvalue weighted by Gasteiger charge is 2.62. The summed E-state index contributed by atoms with van der Waals surface area (Å²) in [7, 11) is -2.34. The van der Waals surface area contributed by atoms with Crippen LogP contribution in [0.4, 0.5) is 23.7 Å². The molecule has 3 aliphatic rings. The van der Waals surface area contributed by atoms with Crippen molar-refractivity contribution < 1.29 is 45.5 Å². The van der Waals surface area contributed by atoms with Crippen molar-refractivity contribution in [2.45, 2.75) is 94.2 Å². The maximum absolute atomic E-state index is 14.0. The molecule has 0 bridgehead atoms. The average Bonchev–Trinajstić information content (AvgIpc) is 3.99. The summed E-state index contributed by atoms with van der Waals surface area (Å²) < 4.78 is 74.2. The van der Waals surface area contributed by atoms with Crippen LogP contribution in [0, 0.1) is 17.8 Å². The van der Waals surface area contributed by atoms with Crippen molar-refractivity contribution in [2.75, 3.05) is 18.9 Å². The van der Waals surface area contributed by atoms with Gasteiger partial charge in [-0.2, -0.15) is 13.2 Å². The minimum absolute atomic E-state index is 0.0822. The number of allylic oxidation sites excluding steroid dienone is 1. The first-order valence-corrected chi connectivity index (χ1v) is 20.3. The van der Waals surface area contributed by atoms with Crippen molar-refractivity contribution in [3.63, 3.8) is 0 Å². The van der Waals surface area contributed by atoms with Gasteiger partial charge in [-0.1, -0.05) is 26.0 Å². The van der Waals surface area contributed by atoms with Gasteiger partial charge in [0.15, 0.2) is 0 Å². The fourth-order valence-electron chi connectivity index (χ4n) is 6.69. The number of nitrogens with zero attached hydrogens (tertiary/aromatic N) is 2. The molecule has 1 heterocycles. The standard InChI is InChI=1S/C37H46F3N5O7S2/c1-6-8-9-10-15-45(5)33(47)28-18-24(17-27(28)31(46)43-36(19-22(36)7-2)34(48)44-54(50,51)25-12-13-25)52-35(49)42-29-16-23(37(38,39)40)11-14-26(29)32-41-20-30(53-32)21(3)4/h6-7,11,14,16,20-22,24-25,27-28H,1-2,8-10,12-13,15,17-19H2,3-5H3,(H,42,49)(H,43,46)(H,44,48)/t22-,24-,27-,28-,36-/m1/s1. The Bertz CT molecular complexity index is 1900. The number of thiazole rings is 1. The number of unbranched alkanes of at least 4 members (excludes halogenated alkanes) is 2. The number of rotatable bonds is 16. The first-order chi connectivity index (χ1) is 25.4. The molecule has 1 aromatic heterocycles. The van der Waals surface area contributed by atoms with Crippen LogP contribution in [0.25, 0.3) is 10.6 Å². The molecule has 0 saturated heterocycles. The van der Waals surface area contributed by atoms with E-state index >= 15 is 0 Å². The van der Waals surface area contributed by atoms with E-state index in [4.69, 9.17) is 4.74 Å². The van der Waals surface area contributed by atoms with Crippen LogP contribution in [0.15, 0.2) is 49.7 Å². The molecule has 3 saturated carbocycles. The van der Waals surface area contributed by atoms with Crippen LogP contribution in [0.3, 0.4) is 0 Å². The van der Waals surface area contributed by atoms with Gasteiger partial charge >= 0.3 is 12.3 Å². The second-order valence-corrected chi connectivity index (χ2v) is 17.6. The highest BCUT2D eigenvalue weighted by atomic mass is 32.2. The van der Waals surface area contributed by atoms with Crippen LogP contribution in [-0.2, 0) is 35.3 Å². The molecule has 3 N–H and O–H groups in total. The Morgan fingerprint density at radius 1 is 1.13 bits per heavy atom. The van der Waals surface area contributed by atoms with Gasteiger partial charge in [-0.3, -0.25) is 24.4 Å². The SMILES string of the molecule is C=CCCCCN(C)C(=O)[C@@H]1C[C@H](OC(=O)Nc2cc(C(F)(F)F)ccc2-c2ncc(C(C)C)s2)C[C@H]1C(=O)N[C@]1(C(=O)NS(=O)(=O)C2CC2)C[C@H]1C=C. The molecule has 0 spiro atoms. The van der Waals surface area contributed by atoms with Crippen molar-refractivity contribution in [3.8, 4) is 10.6 Å². The van der Waals surface area contributed by atoms with E-state index in [-0.39, 0.29) is 36.4 Å². The zero-order valence-corrected chi connectivity index (χ0v) is 32.0. The van der Waals surface area contributed by atoms with Crippen molar-refractivity contribution in [1.29, 1.82) is 0 Å². The van der Waals surface area contributed by atoms with Crippen LogP contribution in [-0.4, -0.2) is 72.6 Å². The fourth-order valence-corrected chi connectivity index (χ4v) is 9.01. The normalized spacial score (nSPS) is 23.7. The molecule has 3 fully saturated rings. The molecule has 1 aromatic carbocycles. The maximum atomic E-state index is 14.0. The van der Waals surface area contributed by atoms with Gasteiger partial charge in [0.05, 0.1) is 28.3 Å². The summed E-state index contributed by atoms with van der Waals surface area (Å²) >= 11 is 1.28. The Morgan fingerprint density at radius 3 is 2.43 bits per heavy atom. The summed E-state index contributed by atoms with van der Waals surface area (Å²) in [6.45, 7) is 11.7. The van der Waals surface area contributed by atoms with Crippen LogP contribution in [0.5, 0.6) is 0 Å². The van der Waals surface area contributed by atoms with Crippen molar-refractivity contribution in [2.24, 2.45) is 17.8 Å². The third kappa shape index (κ3) is 9.33. The number of benzene rings is 1. The second-order valence-electron chi connectivity index (χ2n) is 14.5. The minimum Gasteiger partial charge on any atom is -0.446 e. The number of ether oxygens (including phenoxy) is 1. The highest BCUT2D eigenvalue weighted by molar-refractivity contribution is 7.91. The number of hydrogen-bond donors (Lipinski definition) is 3. The predicted octanol–water partition coefficient (Wildman–Crippen LogP) is 6.38. The smallest absolute Gasteiger partial charge is 0.416 e. The number of carbonyl (C=O) groups is 4. The van der Waals surface area contributed by atoms with Gasteiger partial charge in [-0.15, -0.1) is 24.5 Å². The zero-order valence-electron chi connectivity index (χ0n) is 30.4. The second kappa shape index (κ2) is 16.2. The molecular weight excluding hydrogens is 748 g/mol. The quantitative estimate of drug-likeness (QED) is 0.130. The molecule has 294 valence electrons. The lowest BCUT2D eigenvalue weighted by Crippen LogP contribution is -2.54. The van der Waals surface area contributed by atoms with Crippen LogP contribution < -0.4 is 15.4 Å². The van der Waals surface area contributed by atoms with E-state index in [0.717, 1.165) is 29.9 Å². The molecule has 4 amide bonds. The lowest BCUT2D eigenvalue weighted by atomic mass is 9.93. The molecular formula is C37H46F3N5O7S2. The van der Waals surface area contributed by atoms with Crippen LogP contribution in [0.1, 0.15) is 81.6 Å². The monoisotopic (exact) mass is 793 g/mol. The number of aromatic nitrogens is 1. The Hall–Kier alpha value is -4.25. The molecule has 12 nitrogen and oxygen atoms in total. The summed E-state index contributed by atoms with van der Waals surface area (Å²) in [5.41, 5.74) is -2.52.